The van der Waals surface area contributed by atoms with Crippen LogP contribution in [0.15, 0.2) is 10.9 Å². The largest absolute Gasteiger partial charge is 0.383 e. The molecule has 1 heterocycles. The zero-order valence-electron chi connectivity index (χ0n) is 9.41. The van der Waals surface area contributed by atoms with Crippen LogP contribution in [0.3, 0.4) is 0 Å². The maximum absolute atomic E-state index is 11.6. The zero-order chi connectivity index (χ0) is 11.3. The van der Waals surface area contributed by atoms with Gasteiger partial charge in [-0.15, -0.1) is 0 Å². The number of rotatable bonds is 5. The molecule has 0 amide bonds. The van der Waals surface area contributed by atoms with Gasteiger partial charge in [0, 0.05) is 32.8 Å². The lowest BCUT2D eigenvalue weighted by Gasteiger charge is -2.06. The van der Waals surface area contributed by atoms with Crippen molar-refractivity contribution in [3.05, 3.63) is 27.7 Å². The monoisotopic (exact) mass is 211 g/mol. The predicted molar refractivity (Wildman–Crippen MR) is 57.8 cm³/mol. The van der Waals surface area contributed by atoms with Gasteiger partial charge in [0.1, 0.15) is 0 Å². The van der Waals surface area contributed by atoms with E-state index in [9.17, 15) is 4.79 Å². The number of hydrogen-bond acceptors (Lipinski definition) is 4. The SMILES string of the molecule is COCCNCc1cc(C)nn(C)c1=O. The fourth-order valence-electron chi connectivity index (χ4n) is 1.36. The molecule has 0 fully saturated rings. The number of aryl methyl sites for hydroxylation is 2. The Bertz CT molecular complexity index is 373. The molecule has 0 radical (unpaired) electrons. The molecule has 0 aliphatic heterocycles. The Morgan fingerprint density at radius 3 is 3.00 bits per heavy atom. The number of ether oxygens (including phenoxy) is 1. The van der Waals surface area contributed by atoms with E-state index in [-0.39, 0.29) is 5.56 Å². The Morgan fingerprint density at radius 2 is 2.33 bits per heavy atom. The molecule has 0 unspecified atom stereocenters. The fourth-order valence-corrected chi connectivity index (χ4v) is 1.36. The Morgan fingerprint density at radius 1 is 1.60 bits per heavy atom. The van der Waals surface area contributed by atoms with Crippen molar-refractivity contribution in [2.75, 3.05) is 20.3 Å². The van der Waals surface area contributed by atoms with Crippen LogP contribution in [0.25, 0.3) is 0 Å². The van der Waals surface area contributed by atoms with Crippen molar-refractivity contribution in [2.24, 2.45) is 7.05 Å². The summed E-state index contributed by atoms with van der Waals surface area (Å²) in [6, 6.07) is 1.81. The first-order chi connectivity index (χ1) is 7.15. The Balaban J connectivity index is 2.64. The molecule has 0 aliphatic rings. The van der Waals surface area contributed by atoms with Crippen LogP contribution < -0.4 is 10.9 Å². The van der Waals surface area contributed by atoms with E-state index in [4.69, 9.17) is 4.74 Å². The van der Waals surface area contributed by atoms with Crippen LogP contribution in [0.2, 0.25) is 0 Å². The summed E-state index contributed by atoms with van der Waals surface area (Å²) >= 11 is 0. The summed E-state index contributed by atoms with van der Waals surface area (Å²) in [7, 11) is 3.31. The van der Waals surface area contributed by atoms with Crippen molar-refractivity contribution in [1.29, 1.82) is 0 Å². The van der Waals surface area contributed by atoms with Crippen LogP contribution in [-0.2, 0) is 18.3 Å². The van der Waals surface area contributed by atoms with Crippen LogP contribution in [0.5, 0.6) is 0 Å². The highest BCUT2D eigenvalue weighted by Crippen LogP contribution is 1.93. The molecule has 1 aromatic rings. The molecule has 5 nitrogen and oxygen atoms in total. The third kappa shape index (κ3) is 3.45. The molecule has 1 aromatic heterocycles. The summed E-state index contributed by atoms with van der Waals surface area (Å²) in [5.74, 6) is 0. The molecule has 0 bridgehead atoms. The molecule has 15 heavy (non-hydrogen) atoms. The molecular weight excluding hydrogens is 194 g/mol. The van der Waals surface area contributed by atoms with Crippen molar-refractivity contribution in [1.82, 2.24) is 15.1 Å². The number of hydrogen-bond donors (Lipinski definition) is 1. The minimum absolute atomic E-state index is 0.0504. The standard InChI is InChI=1S/C10H17N3O2/c1-8-6-9(7-11-4-5-15-3)10(14)13(2)12-8/h6,11H,4-5,7H2,1-3H3. The van der Waals surface area contributed by atoms with Gasteiger partial charge in [0.05, 0.1) is 12.3 Å². The highest BCUT2D eigenvalue weighted by atomic mass is 16.5. The summed E-state index contributed by atoms with van der Waals surface area (Å²) in [5.41, 5.74) is 1.53. The van der Waals surface area contributed by atoms with Gasteiger partial charge in [-0.1, -0.05) is 0 Å². The smallest absolute Gasteiger partial charge is 0.270 e. The molecule has 0 aromatic carbocycles. The Hall–Kier alpha value is -1.20. The van der Waals surface area contributed by atoms with E-state index in [1.165, 1.54) is 4.68 Å². The van der Waals surface area contributed by atoms with Crippen LogP contribution in [-0.4, -0.2) is 30.0 Å². The lowest BCUT2D eigenvalue weighted by atomic mass is 10.2. The summed E-state index contributed by atoms with van der Waals surface area (Å²) in [6.07, 6.45) is 0. The highest BCUT2D eigenvalue weighted by molar-refractivity contribution is 5.12. The average molecular weight is 211 g/mol. The van der Waals surface area contributed by atoms with Crippen molar-refractivity contribution in [2.45, 2.75) is 13.5 Å². The molecule has 1 N–H and O–H groups in total. The molecule has 84 valence electrons. The third-order valence-corrected chi connectivity index (χ3v) is 2.06. The summed E-state index contributed by atoms with van der Waals surface area (Å²) in [5, 5.41) is 7.16. The maximum Gasteiger partial charge on any atom is 0.270 e. The maximum atomic E-state index is 11.6. The molecule has 0 saturated carbocycles. The molecule has 0 spiro atoms. The second kappa shape index (κ2) is 5.63. The predicted octanol–water partition coefficient (Wildman–Crippen LogP) is -0.175. The topological polar surface area (TPSA) is 56.1 Å². The van der Waals surface area contributed by atoms with Gasteiger partial charge in [-0.05, 0) is 13.0 Å². The van der Waals surface area contributed by atoms with Crippen molar-refractivity contribution in [3.8, 4) is 0 Å². The number of aromatic nitrogens is 2. The summed E-state index contributed by atoms with van der Waals surface area (Å²) in [6.45, 7) is 3.81. The van der Waals surface area contributed by atoms with Gasteiger partial charge in [0.15, 0.2) is 0 Å². The van der Waals surface area contributed by atoms with E-state index in [0.717, 1.165) is 17.8 Å². The highest BCUT2D eigenvalue weighted by Gasteiger charge is 2.02. The summed E-state index contributed by atoms with van der Waals surface area (Å²) < 4.78 is 6.26. The molecule has 0 atom stereocenters. The van der Waals surface area contributed by atoms with Gasteiger partial charge in [-0.25, -0.2) is 4.68 Å². The van der Waals surface area contributed by atoms with E-state index >= 15 is 0 Å². The lowest BCUT2D eigenvalue weighted by Crippen LogP contribution is -2.28. The zero-order valence-corrected chi connectivity index (χ0v) is 9.41. The van der Waals surface area contributed by atoms with Crippen LogP contribution >= 0.6 is 0 Å². The Labute approximate surface area is 89.1 Å². The minimum atomic E-state index is -0.0504. The van der Waals surface area contributed by atoms with Gasteiger partial charge in [0.25, 0.3) is 5.56 Å². The summed E-state index contributed by atoms with van der Waals surface area (Å²) in [4.78, 5) is 11.6. The van der Waals surface area contributed by atoms with Gasteiger partial charge in [-0.3, -0.25) is 4.79 Å². The van der Waals surface area contributed by atoms with Crippen molar-refractivity contribution >= 4 is 0 Å². The second-order valence-corrected chi connectivity index (χ2v) is 3.41. The number of nitrogens with one attached hydrogen (secondary N) is 1. The van der Waals surface area contributed by atoms with Crippen LogP contribution in [0.1, 0.15) is 11.3 Å². The lowest BCUT2D eigenvalue weighted by molar-refractivity contribution is 0.199. The van der Waals surface area contributed by atoms with Crippen LogP contribution in [0, 0.1) is 6.92 Å². The normalized spacial score (nSPS) is 10.6. The molecular formula is C10H17N3O2. The van der Waals surface area contributed by atoms with E-state index < -0.39 is 0 Å². The number of methoxy groups -OCH3 is 1. The first-order valence-electron chi connectivity index (χ1n) is 4.88. The van der Waals surface area contributed by atoms with Crippen LogP contribution in [0.4, 0.5) is 0 Å². The number of nitrogens with zero attached hydrogens (tertiary/aromatic N) is 2. The Kier molecular flexibility index (Phi) is 4.45. The average Bonchev–Trinajstić information content (AvgIpc) is 2.19. The molecule has 5 heteroatoms. The van der Waals surface area contributed by atoms with Gasteiger partial charge < -0.3 is 10.1 Å². The van der Waals surface area contributed by atoms with Gasteiger partial charge >= 0.3 is 0 Å². The van der Waals surface area contributed by atoms with E-state index in [0.29, 0.717) is 13.2 Å². The second-order valence-electron chi connectivity index (χ2n) is 3.41. The quantitative estimate of drug-likeness (QED) is 0.687. The van der Waals surface area contributed by atoms with E-state index in [1.807, 2.05) is 13.0 Å². The third-order valence-electron chi connectivity index (χ3n) is 2.06. The first kappa shape index (κ1) is 11.9. The van der Waals surface area contributed by atoms with Crippen molar-refractivity contribution < 1.29 is 4.74 Å². The van der Waals surface area contributed by atoms with Gasteiger partial charge in [-0.2, -0.15) is 5.10 Å². The molecule has 1 rings (SSSR count). The van der Waals surface area contributed by atoms with E-state index in [1.54, 1.807) is 14.2 Å². The first-order valence-corrected chi connectivity index (χ1v) is 4.88. The van der Waals surface area contributed by atoms with E-state index in [2.05, 4.69) is 10.4 Å². The molecule has 0 aliphatic carbocycles. The van der Waals surface area contributed by atoms with Gasteiger partial charge in [0.2, 0.25) is 0 Å². The van der Waals surface area contributed by atoms with Crippen molar-refractivity contribution in [3.63, 3.8) is 0 Å². The molecule has 0 saturated heterocycles. The minimum Gasteiger partial charge on any atom is -0.383 e. The fraction of sp³-hybridized carbons (Fsp3) is 0.600.